The van der Waals surface area contributed by atoms with Crippen molar-refractivity contribution in [1.29, 1.82) is 0 Å². The standard InChI is InChI=1S/C22H30N2O5S/c1-5-16-12-17-13-23(21(25)29-4)22(14-28-3)19(17)10-11-24(20(16)22)30(26,27)18-8-6-15(2)7-9-18/h5-9,16-17,19-20H,1,10-14H2,2-4H3/t16?,17-,19+,20-,22-/m0/s1. The molecule has 0 radical (unpaired) electrons. The second kappa shape index (κ2) is 7.66. The van der Waals surface area contributed by atoms with Crippen molar-refractivity contribution in [2.75, 3.05) is 33.9 Å². The third-order valence-electron chi connectivity index (χ3n) is 7.30. The van der Waals surface area contributed by atoms with Crippen LogP contribution in [0.3, 0.4) is 0 Å². The molecular weight excluding hydrogens is 404 g/mol. The van der Waals surface area contributed by atoms with Crippen molar-refractivity contribution in [2.24, 2.45) is 17.8 Å². The van der Waals surface area contributed by atoms with Gasteiger partial charge in [-0.3, -0.25) is 4.90 Å². The number of rotatable bonds is 5. The summed E-state index contributed by atoms with van der Waals surface area (Å²) in [5.41, 5.74) is 0.236. The maximum absolute atomic E-state index is 13.7. The van der Waals surface area contributed by atoms with E-state index in [1.165, 1.54) is 7.11 Å². The van der Waals surface area contributed by atoms with Crippen LogP contribution in [-0.4, -0.2) is 69.2 Å². The van der Waals surface area contributed by atoms with Crippen molar-refractivity contribution in [3.8, 4) is 0 Å². The third kappa shape index (κ3) is 2.92. The molecule has 2 saturated heterocycles. The predicted octanol–water partition coefficient (Wildman–Crippen LogP) is 2.66. The zero-order valence-corrected chi connectivity index (χ0v) is 18.6. The highest BCUT2D eigenvalue weighted by Crippen LogP contribution is 2.57. The molecule has 8 heteroatoms. The van der Waals surface area contributed by atoms with E-state index in [4.69, 9.17) is 9.47 Å². The van der Waals surface area contributed by atoms with E-state index in [1.807, 2.05) is 25.1 Å². The fourth-order valence-electron chi connectivity index (χ4n) is 6.16. The number of likely N-dealkylation sites (tertiary alicyclic amines) is 1. The van der Waals surface area contributed by atoms with E-state index in [1.54, 1.807) is 28.4 Å². The van der Waals surface area contributed by atoms with Gasteiger partial charge in [-0.25, -0.2) is 13.2 Å². The zero-order valence-electron chi connectivity index (χ0n) is 17.8. The van der Waals surface area contributed by atoms with Crippen LogP contribution in [0.25, 0.3) is 0 Å². The van der Waals surface area contributed by atoms with Crippen LogP contribution >= 0.6 is 0 Å². The molecule has 0 spiro atoms. The summed E-state index contributed by atoms with van der Waals surface area (Å²) in [4.78, 5) is 14.8. The van der Waals surface area contributed by atoms with Crippen LogP contribution in [0.1, 0.15) is 18.4 Å². The predicted molar refractivity (Wildman–Crippen MR) is 112 cm³/mol. The van der Waals surface area contributed by atoms with Gasteiger partial charge < -0.3 is 9.47 Å². The van der Waals surface area contributed by atoms with Gasteiger partial charge in [-0.2, -0.15) is 4.31 Å². The lowest BCUT2D eigenvalue weighted by atomic mass is 9.60. The normalized spacial score (nSPS) is 33.4. The van der Waals surface area contributed by atoms with E-state index in [0.717, 1.165) is 12.0 Å². The number of carbonyl (C=O) groups excluding carboxylic acids is 1. The first kappa shape index (κ1) is 21.3. The average molecular weight is 435 g/mol. The number of hydrogen-bond acceptors (Lipinski definition) is 5. The summed E-state index contributed by atoms with van der Waals surface area (Å²) in [5.74, 6) is 0.376. The van der Waals surface area contributed by atoms with Gasteiger partial charge in [-0.05, 0) is 49.7 Å². The zero-order chi connectivity index (χ0) is 21.7. The molecule has 1 saturated carbocycles. The van der Waals surface area contributed by atoms with Crippen LogP contribution in [0.15, 0.2) is 41.8 Å². The Labute approximate surface area is 178 Å². The van der Waals surface area contributed by atoms with E-state index < -0.39 is 27.7 Å². The van der Waals surface area contributed by atoms with E-state index in [0.29, 0.717) is 19.5 Å². The SMILES string of the molecule is C=CC1C[C@H]2CN(C(=O)OC)[C@@]3(COC)[C@@H]2CCN(S(=O)(=O)c2ccc(C)cc2)[C@@H]13. The largest absolute Gasteiger partial charge is 0.453 e. The van der Waals surface area contributed by atoms with Gasteiger partial charge in [-0.1, -0.05) is 23.8 Å². The number of sulfonamides is 1. The molecule has 0 N–H and O–H groups in total. The summed E-state index contributed by atoms with van der Waals surface area (Å²) in [6.07, 6.45) is 2.91. The number of hydrogen-bond donors (Lipinski definition) is 0. The van der Waals surface area contributed by atoms with Gasteiger partial charge in [0, 0.05) is 20.2 Å². The highest BCUT2D eigenvalue weighted by molar-refractivity contribution is 7.89. The summed E-state index contributed by atoms with van der Waals surface area (Å²) >= 11 is 0. The molecule has 1 aromatic rings. The third-order valence-corrected chi connectivity index (χ3v) is 9.19. The molecule has 7 nitrogen and oxygen atoms in total. The molecule has 4 bridgehead atoms. The Balaban J connectivity index is 1.86. The lowest BCUT2D eigenvalue weighted by molar-refractivity contribution is -0.0806. The molecule has 1 unspecified atom stereocenters. The lowest BCUT2D eigenvalue weighted by Gasteiger charge is -2.58. The fourth-order valence-corrected chi connectivity index (χ4v) is 7.89. The van der Waals surface area contributed by atoms with Crippen molar-refractivity contribution < 1.29 is 22.7 Å². The maximum atomic E-state index is 13.7. The molecule has 1 aromatic carbocycles. The van der Waals surface area contributed by atoms with Crippen molar-refractivity contribution in [3.63, 3.8) is 0 Å². The number of benzene rings is 1. The second-order valence-corrected chi connectivity index (χ2v) is 10.6. The number of piperidine rings is 1. The Kier molecular flexibility index (Phi) is 5.45. The van der Waals surface area contributed by atoms with Crippen molar-refractivity contribution in [3.05, 3.63) is 42.5 Å². The molecule has 164 valence electrons. The number of ether oxygens (including phenoxy) is 2. The van der Waals surface area contributed by atoms with Crippen LogP contribution in [0.2, 0.25) is 0 Å². The number of amides is 1. The molecule has 3 fully saturated rings. The number of aryl methyl sites for hydroxylation is 1. The first-order valence-corrected chi connectivity index (χ1v) is 11.8. The molecular formula is C22H30N2O5S. The Bertz CT molecular complexity index is 931. The van der Waals surface area contributed by atoms with Crippen LogP contribution in [0.5, 0.6) is 0 Å². The van der Waals surface area contributed by atoms with Gasteiger partial charge in [0.1, 0.15) is 0 Å². The van der Waals surface area contributed by atoms with Gasteiger partial charge >= 0.3 is 6.09 Å². The molecule has 2 aliphatic heterocycles. The van der Waals surface area contributed by atoms with E-state index in [-0.39, 0.29) is 29.3 Å². The summed E-state index contributed by atoms with van der Waals surface area (Å²) < 4.78 is 39.8. The van der Waals surface area contributed by atoms with Crippen LogP contribution < -0.4 is 0 Å². The maximum Gasteiger partial charge on any atom is 0.410 e. The summed E-state index contributed by atoms with van der Waals surface area (Å²) in [6.45, 7) is 7.18. The smallest absolute Gasteiger partial charge is 0.410 e. The molecule has 0 aromatic heterocycles. The Hall–Kier alpha value is -1.90. The monoisotopic (exact) mass is 434 g/mol. The fraction of sp³-hybridized carbons (Fsp3) is 0.591. The Morgan fingerprint density at radius 1 is 1.30 bits per heavy atom. The summed E-state index contributed by atoms with van der Waals surface area (Å²) in [7, 11) is -0.790. The molecule has 5 atom stereocenters. The molecule has 2 heterocycles. The summed E-state index contributed by atoms with van der Waals surface area (Å²) in [5, 5.41) is 0. The highest BCUT2D eigenvalue weighted by atomic mass is 32.2. The van der Waals surface area contributed by atoms with Crippen LogP contribution in [0, 0.1) is 24.7 Å². The van der Waals surface area contributed by atoms with Gasteiger partial charge in [-0.15, -0.1) is 6.58 Å². The number of methoxy groups -OCH3 is 2. The van der Waals surface area contributed by atoms with Gasteiger partial charge in [0.2, 0.25) is 10.0 Å². The quantitative estimate of drug-likeness (QED) is 0.666. The number of carbonyl (C=O) groups is 1. The molecule has 1 aliphatic carbocycles. The van der Waals surface area contributed by atoms with E-state index in [9.17, 15) is 13.2 Å². The minimum Gasteiger partial charge on any atom is -0.453 e. The molecule has 4 rings (SSSR count). The average Bonchev–Trinajstić information content (AvgIpc) is 2.95. The van der Waals surface area contributed by atoms with E-state index >= 15 is 0 Å². The second-order valence-electron chi connectivity index (χ2n) is 8.67. The van der Waals surface area contributed by atoms with Crippen LogP contribution in [0.4, 0.5) is 4.79 Å². The first-order valence-electron chi connectivity index (χ1n) is 10.4. The minimum absolute atomic E-state index is 0.0726. The van der Waals surface area contributed by atoms with Gasteiger partial charge in [0.05, 0.1) is 30.2 Å². The van der Waals surface area contributed by atoms with Crippen molar-refractivity contribution in [2.45, 2.75) is 36.2 Å². The van der Waals surface area contributed by atoms with Crippen LogP contribution in [-0.2, 0) is 19.5 Å². The topological polar surface area (TPSA) is 76.2 Å². The molecule has 30 heavy (non-hydrogen) atoms. The Morgan fingerprint density at radius 3 is 2.60 bits per heavy atom. The van der Waals surface area contributed by atoms with Gasteiger partial charge in [0.15, 0.2) is 0 Å². The first-order chi connectivity index (χ1) is 14.3. The molecule has 3 aliphatic rings. The van der Waals surface area contributed by atoms with Crippen molar-refractivity contribution in [1.82, 2.24) is 9.21 Å². The lowest BCUT2D eigenvalue weighted by Crippen LogP contribution is -2.72. The Morgan fingerprint density at radius 2 is 2.00 bits per heavy atom. The van der Waals surface area contributed by atoms with E-state index in [2.05, 4.69) is 6.58 Å². The highest BCUT2D eigenvalue weighted by Gasteiger charge is 2.68. The van der Waals surface area contributed by atoms with Crippen molar-refractivity contribution >= 4 is 16.1 Å². The number of nitrogens with zero attached hydrogens (tertiary/aromatic N) is 2. The summed E-state index contributed by atoms with van der Waals surface area (Å²) in [6, 6.07) is 6.48. The van der Waals surface area contributed by atoms with Gasteiger partial charge in [0.25, 0.3) is 0 Å². The molecule has 1 amide bonds. The minimum atomic E-state index is -3.76.